The molecule has 0 saturated carbocycles. The van der Waals surface area contributed by atoms with Crippen LogP contribution >= 0.6 is 0 Å². The molecule has 0 spiro atoms. The van der Waals surface area contributed by atoms with Gasteiger partial charge in [-0.1, -0.05) is 24.3 Å². The fraction of sp³-hybridized carbons (Fsp3) is 0.318. The molecule has 0 radical (unpaired) electrons. The van der Waals surface area contributed by atoms with Gasteiger partial charge < -0.3 is 21.9 Å². The zero-order chi connectivity index (χ0) is 22.2. The van der Waals surface area contributed by atoms with E-state index in [1.165, 1.54) is 36.4 Å². The summed E-state index contributed by atoms with van der Waals surface area (Å²) < 4.78 is 40.6. The average molecular weight is 417 g/mol. The second-order valence-electron chi connectivity index (χ2n) is 7.57. The molecule has 30 heavy (non-hydrogen) atoms. The highest BCUT2D eigenvalue weighted by atomic mass is 19.4. The predicted molar refractivity (Wildman–Crippen MR) is 107 cm³/mol. The van der Waals surface area contributed by atoms with Crippen molar-refractivity contribution in [2.75, 3.05) is 5.32 Å². The molecule has 0 aliphatic carbocycles. The Labute approximate surface area is 172 Å². The van der Waals surface area contributed by atoms with Gasteiger partial charge in [-0.25, -0.2) is 0 Å². The monoisotopic (exact) mass is 417 g/mol. The number of phenols is 1. The van der Waals surface area contributed by atoms with Crippen LogP contribution in [0.4, 0.5) is 18.9 Å². The molecule has 1 atom stereocenters. The number of nitrogens with one attached hydrogen (secondary N) is 1. The third-order valence-electron chi connectivity index (χ3n) is 5.52. The molecule has 3 rings (SSSR count). The number of hydrogen-bond acceptors (Lipinski definition) is 4. The summed E-state index contributed by atoms with van der Waals surface area (Å²) in [6.45, 7) is 0. The van der Waals surface area contributed by atoms with Crippen molar-refractivity contribution in [3.63, 3.8) is 0 Å². The summed E-state index contributed by atoms with van der Waals surface area (Å²) >= 11 is 0. The lowest BCUT2D eigenvalue weighted by Gasteiger charge is -2.33. The first-order valence-electron chi connectivity index (χ1n) is 9.34. The van der Waals surface area contributed by atoms with Crippen molar-refractivity contribution in [3.05, 3.63) is 59.2 Å². The Kier molecular flexibility index (Phi) is 5.54. The SMILES string of the molecule is C#CCCC(N)(N)CCC1(c2ccc(O)cc2)C(=O)Nc2c(C(F)(F)F)cccc21. The zero-order valence-corrected chi connectivity index (χ0v) is 16.1. The highest BCUT2D eigenvalue weighted by molar-refractivity contribution is 6.09. The van der Waals surface area contributed by atoms with Crippen LogP contribution in [0.1, 0.15) is 42.4 Å². The minimum Gasteiger partial charge on any atom is -0.508 e. The smallest absolute Gasteiger partial charge is 0.418 e. The number of nitrogens with two attached hydrogens (primary N) is 2. The number of fused-ring (bicyclic) bond motifs is 1. The molecule has 1 unspecified atom stereocenters. The van der Waals surface area contributed by atoms with Crippen molar-refractivity contribution in [2.45, 2.75) is 42.9 Å². The summed E-state index contributed by atoms with van der Waals surface area (Å²) in [5, 5.41) is 12.1. The van der Waals surface area contributed by atoms with E-state index in [0.717, 1.165) is 6.07 Å². The van der Waals surface area contributed by atoms with E-state index in [4.69, 9.17) is 17.9 Å². The third kappa shape index (κ3) is 3.86. The molecule has 1 aliphatic rings. The number of hydrogen-bond donors (Lipinski definition) is 4. The average Bonchev–Trinajstić information content (AvgIpc) is 2.97. The minimum atomic E-state index is -4.64. The summed E-state index contributed by atoms with van der Waals surface area (Å²) in [6, 6.07) is 9.48. The highest BCUT2D eigenvalue weighted by Crippen LogP contribution is 2.50. The maximum absolute atomic E-state index is 13.5. The van der Waals surface area contributed by atoms with Crippen LogP contribution in [-0.2, 0) is 16.4 Å². The highest BCUT2D eigenvalue weighted by Gasteiger charge is 2.51. The molecule has 0 fully saturated rings. The molecule has 5 nitrogen and oxygen atoms in total. The van der Waals surface area contributed by atoms with E-state index in [0.29, 0.717) is 18.4 Å². The number of alkyl halides is 3. The van der Waals surface area contributed by atoms with Gasteiger partial charge in [-0.2, -0.15) is 13.2 Å². The topological polar surface area (TPSA) is 101 Å². The maximum Gasteiger partial charge on any atom is 0.418 e. The molecule has 8 heteroatoms. The molecule has 158 valence electrons. The Bertz CT molecular complexity index is 994. The van der Waals surface area contributed by atoms with Gasteiger partial charge in [-0.05, 0) is 48.6 Å². The number of carbonyl (C=O) groups is 1. The summed E-state index contributed by atoms with van der Waals surface area (Å²) in [7, 11) is 0. The van der Waals surface area contributed by atoms with Crippen LogP contribution in [0.2, 0.25) is 0 Å². The number of amides is 1. The van der Waals surface area contributed by atoms with Crippen LogP contribution in [0, 0.1) is 12.3 Å². The lowest BCUT2D eigenvalue weighted by molar-refractivity contribution is -0.136. The van der Waals surface area contributed by atoms with Crippen LogP contribution in [0.5, 0.6) is 5.75 Å². The van der Waals surface area contributed by atoms with Crippen LogP contribution in [0.3, 0.4) is 0 Å². The van der Waals surface area contributed by atoms with Gasteiger partial charge in [0.05, 0.1) is 16.9 Å². The fourth-order valence-corrected chi connectivity index (χ4v) is 3.90. The third-order valence-corrected chi connectivity index (χ3v) is 5.52. The largest absolute Gasteiger partial charge is 0.508 e. The summed E-state index contributed by atoms with van der Waals surface area (Å²) in [6.07, 6.45) is 1.47. The van der Waals surface area contributed by atoms with Crippen LogP contribution in [-0.4, -0.2) is 16.7 Å². The van der Waals surface area contributed by atoms with Gasteiger partial charge in [0.15, 0.2) is 0 Å². The normalized spacial score (nSPS) is 18.6. The summed E-state index contributed by atoms with van der Waals surface area (Å²) in [5.74, 6) is 1.82. The number of terminal acetylenes is 1. The summed E-state index contributed by atoms with van der Waals surface area (Å²) in [4.78, 5) is 13.2. The molecule has 1 aliphatic heterocycles. The predicted octanol–water partition coefficient (Wildman–Crippen LogP) is 3.46. The molecule has 6 N–H and O–H groups in total. The number of phenolic OH excluding ortho intramolecular Hbond substituents is 1. The molecule has 2 aromatic carbocycles. The Morgan fingerprint density at radius 3 is 2.37 bits per heavy atom. The van der Waals surface area contributed by atoms with Crippen LogP contribution < -0.4 is 16.8 Å². The van der Waals surface area contributed by atoms with Gasteiger partial charge in [0.2, 0.25) is 5.91 Å². The number of carbonyl (C=O) groups excluding carboxylic acids is 1. The van der Waals surface area contributed by atoms with Crippen molar-refractivity contribution in [2.24, 2.45) is 11.5 Å². The number of anilines is 1. The van der Waals surface area contributed by atoms with E-state index >= 15 is 0 Å². The first-order valence-corrected chi connectivity index (χ1v) is 9.34. The van der Waals surface area contributed by atoms with Gasteiger partial charge >= 0.3 is 6.18 Å². The van der Waals surface area contributed by atoms with E-state index in [9.17, 15) is 23.1 Å². The Balaban J connectivity index is 2.14. The van der Waals surface area contributed by atoms with Crippen molar-refractivity contribution in [1.29, 1.82) is 0 Å². The quantitative estimate of drug-likeness (QED) is 0.427. The first kappa shape index (κ1) is 21.7. The number of rotatable bonds is 6. The van der Waals surface area contributed by atoms with E-state index in [1.54, 1.807) is 0 Å². The molecule has 0 bridgehead atoms. The van der Waals surface area contributed by atoms with Crippen LogP contribution in [0.15, 0.2) is 42.5 Å². The van der Waals surface area contributed by atoms with E-state index in [1.807, 2.05) is 0 Å². The lowest BCUT2D eigenvalue weighted by Crippen LogP contribution is -2.51. The number of para-hydroxylation sites is 1. The van der Waals surface area contributed by atoms with Gasteiger partial charge in [0.1, 0.15) is 11.2 Å². The first-order chi connectivity index (χ1) is 14.0. The Morgan fingerprint density at radius 2 is 1.77 bits per heavy atom. The zero-order valence-electron chi connectivity index (χ0n) is 16.1. The number of benzene rings is 2. The van der Waals surface area contributed by atoms with Gasteiger partial charge in [0, 0.05) is 6.42 Å². The van der Waals surface area contributed by atoms with Crippen LogP contribution in [0.25, 0.3) is 0 Å². The van der Waals surface area contributed by atoms with E-state index in [2.05, 4.69) is 11.2 Å². The van der Waals surface area contributed by atoms with Crippen molar-refractivity contribution in [1.82, 2.24) is 0 Å². The van der Waals surface area contributed by atoms with E-state index in [-0.39, 0.29) is 29.8 Å². The molecule has 0 aromatic heterocycles. The second kappa shape index (κ2) is 7.67. The molecule has 1 amide bonds. The van der Waals surface area contributed by atoms with Gasteiger partial charge in [0.25, 0.3) is 0 Å². The molecule has 1 heterocycles. The fourth-order valence-electron chi connectivity index (χ4n) is 3.90. The Hall–Kier alpha value is -3.02. The van der Waals surface area contributed by atoms with E-state index < -0.39 is 28.7 Å². The van der Waals surface area contributed by atoms with Gasteiger partial charge in [-0.3, -0.25) is 4.79 Å². The minimum absolute atomic E-state index is 0.0300. The lowest BCUT2D eigenvalue weighted by atomic mass is 9.70. The van der Waals surface area contributed by atoms with Gasteiger partial charge in [-0.15, -0.1) is 12.3 Å². The number of aromatic hydroxyl groups is 1. The maximum atomic E-state index is 13.5. The molecule has 2 aromatic rings. The standard InChI is InChI=1S/C22H22F3N3O2/c1-2-3-11-20(26,27)12-13-21(14-7-9-15(29)10-8-14)16-5-4-6-17(22(23,24)25)18(16)28-19(21)30/h1,4-10,29H,3,11-13,26-27H2,(H,28,30). The second-order valence-corrected chi connectivity index (χ2v) is 7.57. The molecular weight excluding hydrogens is 395 g/mol. The van der Waals surface area contributed by atoms with Crippen molar-refractivity contribution >= 4 is 11.6 Å². The molecular formula is C22H22F3N3O2. The summed E-state index contributed by atoms with van der Waals surface area (Å²) in [5.41, 5.74) is 9.07. The molecule has 0 saturated heterocycles. The Morgan fingerprint density at radius 1 is 1.10 bits per heavy atom. The van der Waals surface area contributed by atoms with Crippen molar-refractivity contribution < 1.29 is 23.1 Å². The number of halogens is 3. The van der Waals surface area contributed by atoms with Crippen molar-refractivity contribution in [3.8, 4) is 18.1 Å².